The number of carbonyl (C=O) groups is 2. The molecule has 1 heterocycles. The normalized spacial score (nSPS) is 10.3. The van der Waals surface area contributed by atoms with Gasteiger partial charge in [0.15, 0.2) is 0 Å². The van der Waals surface area contributed by atoms with Gasteiger partial charge >= 0.3 is 11.9 Å². The molecule has 0 amide bonds. The van der Waals surface area contributed by atoms with E-state index in [0.29, 0.717) is 16.7 Å². The van der Waals surface area contributed by atoms with E-state index in [4.69, 9.17) is 14.9 Å². The van der Waals surface area contributed by atoms with E-state index < -0.39 is 25.0 Å². The molecule has 0 aliphatic carbocycles. The molecular weight excluding hydrogens is 278 g/mol. The SMILES string of the molecule is COc1ccc2c(N(CC(=O)O)CC(=O)O)ncnc2c1. The largest absolute Gasteiger partial charge is 0.497 e. The number of aromatic nitrogens is 2. The molecule has 1 aromatic heterocycles. The predicted molar refractivity (Wildman–Crippen MR) is 73.6 cm³/mol. The quantitative estimate of drug-likeness (QED) is 0.796. The highest BCUT2D eigenvalue weighted by Gasteiger charge is 2.18. The molecule has 0 saturated heterocycles. The molecule has 1 aromatic carbocycles. The first-order chi connectivity index (χ1) is 10.0. The molecule has 0 bridgehead atoms. The van der Waals surface area contributed by atoms with Crippen molar-refractivity contribution in [3.8, 4) is 5.75 Å². The summed E-state index contributed by atoms with van der Waals surface area (Å²) in [6.07, 6.45) is 1.26. The van der Waals surface area contributed by atoms with E-state index in [2.05, 4.69) is 9.97 Å². The minimum atomic E-state index is -1.14. The van der Waals surface area contributed by atoms with E-state index in [1.165, 1.54) is 18.3 Å². The Kier molecular flexibility index (Phi) is 4.17. The first-order valence-corrected chi connectivity index (χ1v) is 5.98. The Balaban J connectivity index is 2.51. The van der Waals surface area contributed by atoms with Crippen molar-refractivity contribution >= 4 is 28.7 Å². The number of fused-ring (bicyclic) bond motifs is 1. The third-order valence-corrected chi connectivity index (χ3v) is 2.77. The van der Waals surface area contributed by atoms with Gasteiger partial charge in [0.2, 0.25) is 0 Å². The van der Waals surface area contributed by atoms with Crippen molar-refractivity contribution in [1.82, 2.24) is 9.97 Å². The summed E-state index contributed by atoms with van der Waals surface area (Å²) in [6.45, 7) is -0.936. The fraction of sp³-hybridized carbons (Fsp3) is 0.231. The maximum absolute atomic E-state index is 10.9. The van der Waals surface area contributed by atoms with Crippen molar-refractivity contribution in [3.05, 3.63) is 24.5 Å². The number of ether oxygens (including phenoxy) is 1. The Morgan fingerprint density at radius 1 is 1.19 bits per heavy atom. The molecule has 21 heavy (non-hydrogen) atoms. The summed E-state index contributed by atoms with van der Waals surface area (Å²) in [5, 5.41) is 18.4. The van der Waals surface area contributed by atoms with E-state index >= 15 is 0 Å². The van der Waals surface area contributed by atoms with Crippen LogP contribution in [0.5, 0.6) is 5.75 Å². The zero-order valence-corrected chi connectivity index (χ0v) is 11.2. The monoisotopic (exact) mass is 291 g/mol. The second kappa shape index (κ2) is 6.04. The molecule has 8 heteroatoms. The van der Waals surface area contributed by atoms with Gasteiger partial charge in [-0.1, -0.05) is 0 Å². The van der Waals surface area contributed by atoms with Crippen LogP contribution >= 0.6 is 0 Å². The lowest BCUT2D eigenvalue weighted by molar-refractivity contribution is -0.136. The molecule has 0 saturated carbocycles. The van der Waals surface area contributed by atoms with Crippen LogP contribution in [0.4, 0.5) is 5.82 Å². The molecule has 0 aliphatic rings. The van der Waals surface area contributed by atoms with E-state index in [1.54, 1.807) is 18.2 Å². The van der Waals surface area contributed by atoms with Crippen molar-refractivity contribution in [2.75, 3.05) is 25.1 Å². The molecule has 0 unspecified atom stereocenters. The maximum atomic E-state index is 10.9. The number of anilines is 1. The lowest BCUT2D eigenvalue weighted by Gasteiger charge is -2.20. The Morgan fingerprint density at radius 2 is 1.86 bits per heavy atom. The van der Waals surface area contributed by atoms with Crippen molar-refractivity contribution in [2.45, 2.75) is 0 Å². The van der Waals surface area contributed by atoms with Gasteiger partial charge in [-0.05, 0) is 12.1 Å². The van der Waals surface area contributed by atoms with Crippen molar-refractivity contribution in [1.29, 1.82) is 0 Å². The Hall–Kier alpha value is -2.90. The number of rotatable bonds is 6. The highest BCUT2D eigenvalue weighted by Crippen LogP contribution is 2.26. The summed E-state index contributed by atoms with van der Waals surface area (Å²) in [4.78, 5) is 31.1. The second-order valence-electron chi connectivity index (χ2n) is 4.22. The molecule has 0 fully saturated rings. The van der Waals surface area contributed by atoms with Crippen LogP contribution in [0.15, 0.2) is 24.5 Å². The number of nitrogens with zero attached hydrogens (tertiary/aromatic N) is 3. The third kappa shape index (κ3) is 3.35. The second-order valence-corrected chi connectivity index (χ2v) is 4.22. The number of hydrogen-bond donors (Lipinski definition) is 2. The van der Waals surface area contributed by atoms with E-state index in [-0.39, 0.29) is 5.82 Å². The number of aliphatic carboxylic acids is 2. The summed E-state index contributed by atoms with van der Waals surface area (Å²) in [6, 6.07) is 5.01. The minimum Gasteiger partial charge on any atom is -0.497 e. The van der Waals surface area contributed by atoms with Crippen LogP contribution < -0.4 is 9.64 Å². The van der Waals surface area contributed by atoms with E-state index in [1.807, 2.05) is 0 Å². The molecule has 2 aromatic rings. The predicted octanol–water partition coefficient (Wildman–Crippen LogP) is 0.614. The molecule has 0 atom stereocenters. The minimum absolute atomic E-state index is 0.257. The fourth-order valence-corrected chi connectivity index (χ4v) is 1.93. The van der Waals surface area contributed by atoms with Crippen LogP contribution in [-0.2, 0) is 9.59 Å². The average Bonchev–Trinajstić information content (AvgIpc) is 2.44. The first-order valence-electron chi connectivity index (χ1n) is 5.98. The van der Waals surface area contributed by atoms with Crippen LogP contribution in [-0.4, -0.2) is 52.3 Å². The van der Waals surface area contributed by atoms with Crippen molar-refractivity contribution in [3.63, 3.8) is 0 Å². The average molecular weight is 291 g/mol. The van der Waals surface area contributed by atoms with E-state index in [9.17, 15) is 9.59 Å². The zero-order chi connectivity index (χ0) is 15.4. The number of carboxylic acids is 2. The van der Waals surface area contributed by atoms with Crippen LogP contribution in [0, 0.1) is 0 Å². The topological polar surface area (TPSA) is 113 Å². The van der Waals surface area contributed by atoms with Gasteiger partial charge < -0.3 is 19.8 Å². The maximum Gasteiger partial charge on any atom is 0.323 e. The number of carboxylic acid groups (broad SMARTS) is 2. The smallest absolute Gasteiger partial charge is 0.323 e. The van der Waals surface area contributed by atoms with E-state index in [0.717, 1.165) is 0 Å². The van der Waals surface area contributed by atoms with Crippen LogP contribution in [0.1, 0.15) is 0 Å². The molecule has 110 valence electrons. The lowest BCUT2D eigenvalue weighted by atomic mass is 10.2. The van der Waals surface area contributed by atoms with Gasteiger partial charge in [-0.25, -0.2) is 9.97 Å². The highest BCUT2D eigenvalue weighted by atomic mass is 16.5. The molecule has 2 N–H and O–H groups in total. The van der Waals surface area contributed by atoms with Gasteiger partial charge in [0, 0.05) is 11.5 Å². The molecule has 0 aliphatic heterocycles. The Morgan fingerprint density at radius 3 is 2.43 bits per heavy atom. The summed E-state index contributed by atoms with van der Waals surface area (Å²) in [5.41, 5.74) is 0.542. The zero-order valence-electron chi connectivity index (χ0n) is 11.2. The summed E-state index contributed by atoms with van der Waals surface area (Å²) < 4.78 is 5.09. The highest BCUT2D eigenvalue weighted by molar-refractivity contribution is 5.93. The lowest BCUT2D eigenvalue weighted by Crippen LogP contribution is -2.35. The van der Waals surface area contributed by atoms with Gasteiger partial charge in [0.25, 0.3) is 0 Å². The van der Waals surface area contributed by atoms with Crippen molar-refractivity contribution < 1.29 is 24.5 Å². The molecular formula is C13H13N3O5. The van der Waals surface area contributed by atoms with Crippen LogP contribution in [0.25, 0.3) is 10.9 Å². The number of benzene rings is 1. The Labute approximate surface area is 119 Å². The summed E-state index contributed by atoms with van der Waals surface area (Å²) in [7, 11) is 1.52. The van der Waals surface area contributed by atoms with Gasteiger partial charge in [0.05, 0.1) is 12.6 Å². The Bertz CT molecular complexity index is 673. The molecule has 2 rings (SSSR count). The molecule has 0 radical (unpaired) electrons. The third-order valence-electron chi connectivity index (χ3n) is 2.77. The first kappa shape index (κ1) is 14.5. The van der Waals surface area contributed by atoms with Crippen LogP contribution in [0.2, 0.25) is 0 Å². The van der Waals surface area contributed by atoms with Crippen molar-refractivity contribution in [2.24, 2.45) is 0 Å². The van der Waals surface area contributed by atoms with Gasteiger partial charge in [-0.2, -0.15) is 0 Å². The van der Waals surface area contributed by atoms with Gasteiger partial charge in [-0.15, -0.1) is 0 Å². The standard InChI is InChI=1S/C13H13N3O5/c1-21-8-2-3-9-10(4-8)14-7-15-13(9)16(5-11(17)18)6-12(19)20/h2-4,7H,5-6H2,1H3,(H,17,18)(H,19,20). The number of hydrogen-bond acceptors (Lipinski definition) is 6. The van der Waals surface area contributed by atoms with Gasteiger partial charge in [-0.3, -0.25) is 9.59 Å². The molecule has 0 spiro atoms. The molecule has 8 nitrogen and oxygen atoms in total. The van der Waals surface area contributed by atoms with Crippen LogP contribution in [0.3, 0.4) is 0 Å². The fourth-order valence-electron chi connectivity index (χ4n) is 1.93. The number of methoxy groups -OCH3 is 1. The van der Waals surface area contributed by atoms with Gasteiger partial charge in [0.1, 0.15) is 31.0 Å². The summed E-state index contributed by atoms with van der Waals surface area (Å²) in [5.74, 6) is -1.43. The summed E-state index contributed by atoms with van der Waals surface area (Å²) >= 11 is 0.